The lowest BCUT2D eigenvalue weighted by atomic mass is 10.1. The van der Waals surface area contributed by atoms with E-state index >= 15 is 0 Å². The Morgan fingerprint density at radius 3 is 2.92 bits per heavy atom. The van der Waals surface area contributed by atoms with E-state index < -0.39 is 0 Å². The zero-order valence-electron chi connectivity index (χ0n) is 7.03. The van der Waals surface area contributed by atoms with Crippen molar-refractivity contribution >= 4 is 34.1 Å². The molecule has 0 saturated heterocycles. The van der Waals surface area contributed by atoms with Crippen LogP contribution in [0.3, 0.4) is 0 Å². The predicted octanol–water partition coefficient (Wildman–Crippen LogP) is 3.37. The van der Waals surface area contributed by atoms with Gasteiger partial charge in [0.15, 0.2) is 0 Å². The second-order valence-corrected chi connectivity index (χ2v) is 4.32. The maximum absolute atomic E-state index is 8.86. The molecule has 1 aromatic carbocycles. The van der Waals surface area contributed by atoms with Gasteiger partial charge >= 0.3 is 0 Å². The quantitative estimate of drug-likeness (QED) is 0.655. The Morgan fingerprint density at radius 2 is 2.23 bits per heavy atom. The number of hydrogen-bond acceptors (Lipinski definition) is 3. The lowest BCUT2D eigenvalue weighted by Gasteiger charge is -1.98. The van der Waals surface area contributed by atoms with E-state index in [1.807, 2.05) is 24.4 Å². The molecule has 0 bridgehead atoms. The van der Waals surface area contributed by atoms with Crippen molar-refractivity contribution in [3.05, 3.63) is 28.6 Å². The minimum atomic E-state index is 0.769. The van der Waals surface area contributed by atoms with E-state index in [-0.39, 0.29) is 0 Å². The zero-order chi connectivity index (χ0) is 9.42. The summed E-state index contributed by atoms with van der Waals surface area (Å²) in [6.45, 7) is 2.01. The molecule has 1 nitrogen and oxygen atoms in total. The van der Waals surface area contributed by atoms with E-state index in [0.29, 0.717) is 0 Å². The maximum Gasteiger partial charge on any atom is 0.101 e. The van der Waals surface area contributed by atoms with Crippen molar-refractivity contribution in [3.63, 3.8) is 0 Å². The molecule has 0 unspecified atom stereocenters. The fourth-order valence-electron chi connectivity index (χ4n) is 1.44. The summed E-state index contributed by atoms with van der Waals surface area (Å²) in [5.41, 5.74) is 1.89. The van der Waals surface area contributed by atoms with Crippen LogP contribution >= 0.6 is 24.0 Å². The molecular weight excluding hydrogens is 198 g/mol. The highest BCUT2D eigenvalue weighted by Gasteiger charge is 2.06. The van der Waals surface area contributed by atoms with Gasteiger partial charge in [0.05, 0.1) is 5.56 Å². The lowest BCUT2D eigenvalue weighted by molar-refractivity contribution is 1.42. The van der Waals surface area contributed by atoms with Crippen LogP contribution in [0.5, 0.6) is 0 Å². The number of nitriles is 1. The molecular formula is C10H7NS2. The minimum absolute atomic E-state index is 0.769. The van der Waals surface area contributed by atoms with Gasteiger partial charge in [0.1, 0.15) is 6.07 Å². The van der Waals surface area contributed by atoms with Crippen LogP contribution in [0.25, 0.3) is 10.1 Å². The van der Waals surface area contributed by atoms with Crippen molar-refractivity contribution in [1.29, 1.82) is 5.26 Å². The van der Waals surface area contributed by atoms with E-state index in [4.69, 9.17) is 5.26 Å². The van der Waals surface area contributed by atoms with Crippen LogP contribution in [-0.4, -0.2) is 0 Å². The highest BCUT2D eigenvalue weighted by molar-refractivity contribution is 7.80. The van der Waals surface area contributed by atoms with Crippen LogP contribution < -0.4 is 0 Å². The molecule has 0 spiro atoms. The molecule has 1 heterocycles. The Kier molecular flexibility index (Phi) is 2.03. The standard InChI is InChI=1S/C10H7NS2/c1-6-2-8(12)3-9-10(6)7(4-11)5-13-9/h2-3,5,12H,1H3. The van der Waals surface area contributed by atoms with E-state index in [1.165, 1.54) is 0 Å². The van der Waals surface area contributed by atoms with E-state index in [1.54, 1.807) is 11.3 Å². The zero-order valence-corrected chi connectivity index (χ0v) is 8.75. The molecule has 0 saturated carbocycles. The van der Waals surface area contributed by atoms with E-state index in [0.717, 1.165) is 26.1 Å². The molecule has 1 aromatic heterocycles. The number of aryl methyl sites for hydroxylation is 1. The summed E-state index contributed by atoms with van der Waals surface area (Å²) >= 11 is 5.89. The summed E-state index contributed by atoms with van der Waals surface area (Å²) in [6, 6.07) is 6.18. The number of thiophene rings is 1. The first-order chi connectivity index (χ1) is 6.22. The van der Waals surface area contributed by atoms with E-state index in [9.17, 15) is 0 Å². The maximum atomic E-state index is 8.86. The number of thiol groups is 1. The van der Waals surface area contributed by atoms with Crippen LogP contribution in [0, 0.1) is 18.3 Å². The van der Waals surface area contributed by atoms with Gasteiger partial charge < -0.3 is 0 Å². The molecule has 0 aliphatic rings. The Labute approximate surface area is 86.0 Å². The smallest absolute Gasteiger partial charge is 0.101 e. The van der Waals surface area contributed by atoms with Gasteiger partial charge in [-0.25, -0.2) is 0 Å². The predicted molar refractivity (Wildman–Crippen MR) is 58.5 cm³/mol. The molecule has 0 aliphatic heterocycles. The Bertz CT molecular complexity index is 505. The molecule has 64 valence electrons. The second-order valence-electron chi connectivity index (χ2n) is 2.90. The first-order valence-electron chi connectivity index (χ1n) is 3.83. The van der Waals surface area contributed by atoms with Crippen LogP contribution in [0.15, 0.2) is 22.4 Å². The molecule has 0 radical (unpaired) electrons. The number of rotatable bonds is 0. The third-order valence-electron chi connectivity index (χ3n) is 1.98. The Balaban J connectivity index is 2.92. The van der Waals surface area contributed by atoms with Gasteiger partial charge in [-0.3, -0.25) is 0 Å². The monoisotopic (exact) mass is 205 g/mol. The second kappa shape index (κ2) is 3.06. The van der Waals surface area contributed by atoms with Gasteiger partial charge in [-0.15, -0.1) is 24.0 Å². The molecule has 0 atom stereocenters. The first-order valence-corrected chi connectivity index (χ1v) is 5.16. The van der Waals surface area contributed by atoms with Gasteiger partial charge in [0, 0.05) is 20.4 Å². The molecule has 0 fully saturated rings. The molecule has 0 aliphatic carbocycles. The van der Waals surface area contributed by atoms with E-state index in [2.05, 4.69) is 18.7 Å². The number of nitrogens with zero attached hydrogens (tertiary/aromatic N) is 1. The third kappa shape index (κ3) is 1.32. The first kappa shape index (κ1) is 8.61. The molecule has 0 N–H and O–H groups in total. The van der Waals surface area contributed by atoms with Crippen molar-refractivity contribution in [1.82, 2.24) is 0 Å². The third-order valence-corrected chi connectivity index (χ3v) is 3.17. The largest absolute Gasteiger partial charge is 0.192 e. The normalized spacial score (nSPS) is 10.2. The van der Waals surface area contributed by atoms with Gasteiger partial charge in [-0.1, -0.05) is 0 Å². The fraction of sp³-hybridized carbons (Fsp3) is 0.100. The van der Waals surface area contributed by atoms with Crippen molar-refractivity contribution in [2.24, 2.45) is 0 Å². The molecule has 13 heavy (non-hydrogen) atoms. The summed E-state index contributed by atoms with van der Waals surface area (Å²) in [7, 11) is 0. The molecule has 3 heteroatoms. The summed E-state index contributed by atoms with van der Waals surface area (Å²) < 4.78 is 1.14. The van der Waals surface area contributed by atoms with Crippen LogP contribution in [0.1, 0.15) is 11.1 Å². The van der Waals surface area contributed by atoms with Crippen LogP contribution in [-0.2, 0) is 0 Å². The van der Waals surface area contributed by atoms with Crippen molar-refractivity contribution in [2.75, 3.05) is 0 Å². The van der Waals surface area contributed by atoms with Gasteiger partial charge in [0.25, 0.3) is 0 Å². The summed E-state index contributed by atoms with van der Waals surface area (Å²) in [4.78, 5) is 0.955. The number of hydrogen-bond donors (Lipinski definition) is 1. The van der Waals surface area contributed by atoms with Gasteiger partial charge in [-0.05, 0) is 24.6 Å². The SMILES string of the molecule is Cc1cc(S)cc2scc(C#N)c12. The highest BCUT2D eigenvalue weighted by atomic mass is 32.1. The van der Waals surface area contributed by atoms with Gasteiger partial charge in [0.2, 0.25) is 0 Å². The molecule has 2 rings (SSSR count). The van der Waals surface area contributed by atoms with Crippen molar-refractivity contribution < 1.29 is 0 Å². The van der Waals surface area contributed by atoms with Crippen molar-refractivity contribution in [3.8, 4) is 6.07 Å². The highest BCUT2D eigenvalue weighted by Crippen LogP contribution is 2.30. The topological polar surface area (TPSA) is 23.8 Å². The summed E-state index contributed by atoms with van der Waals surface area (Å²) in [6.07, 6.45) is 0. The number of benzene rings is 1. The average molecular weight is 205 g/mol. The molecule has 2 aromatic rings. The Morgan fingerprint density at radius 1 is 1.46 bits per heavy atom. The Hall–Kier alpha value is -0.980. The summed E-state index contributed by atoms with van der Waals surface area (Å²) in [5.74, 6) is 0. The minimum Gasteiger partial charge on any atom is -0.192 e. The summed E-state index contributed by atoms with van der Waals surface area (Å²) in [5, 5.41) is 11.8. The van der Waals surface area contributed by atoms with Crippen LogP contribution in [0.4, 0.5) is 0 Å². The van der Waals surface area contributed by atoms with Crippen molar-refractivity contribution in [2.45, 2.75) is 11.8 Å². The number of fused-ring (bicyclic) bond motifs is 1. The van der Waals surface area contributed by atoms with Crippen LogP contribution in [0.2, 0.25) is 0 Å². The fourth-order valence-corrected chi connectivity index (χ4v) is 2.85. The lowest BCUT2D eigenvalue weighted by Crippen LogP contribution is -1.77. The molecule has 0 amide bonds. The average Bonchev–Trinajstić information content (AvgIpc) is 2.47. The van der Waals surface area contributed by atoms with Gasteiger partial charge in [-0.2, -0.15) is 5.26 Å².